The zero-order valence-electron chi connectivity index (χ0n) is 20.4. The van der Waals surface area contributed by atoms with Crippen LogP contribution in [0.2, 0.25) is 0 Å². The number of fused-ring (bicyclic) bond motifs is 1. The number of aryl methyl sites for hydroxylation is 1. The number of hydrogen-bond acceptors (Lipinski definition) is 6. The van der Waals surface area contributed by atoms with Gasteiger partial charge in [0.2, 0.25) is 5.95 Å². The van der Waals surface area contributed by atoms with E-state index in [1.54, 1.807) is 6.20 Å². The SMILES string of the molecule is Cc1ccc(/C(N)=C(\c2ccnc(NCc3cccc4ccccc34)n2)N2C=CC(CN)=CC2)cc1. The molecule has 4 aromatic rings. The van der Waals surface area contributed by atoms with Crippen LogP contribution in [-0.4, -0.2) is 28.0 Å². The Morgan fingerprint density at radius 1 is 1.00 bits per heavy atom. The van der Waals surface area contributed by atoms with E-state index in [0.29, 0.717) is 31.3 Å². The lowest BCUT2D eigenvalue weighted by Crippen LogP contribution is -2.23. The Hall–Kier alpha value is -4.42. The first-order valence-electron chi connectivity index (χ1n) is 12.1. The summed E-state index contributed by atoms with van der Waals surface area (Å²) in [5.74, 6) is 0.550. The normalized spacial score (nSPS) is 13.9. The number of rotatable bonds is 7. The largest absolute Gasteiger partial charge is 0.396 e. The molecule has 0 radical (unpaired) electrons. The number of nitrogens with two attached hydrogens (primary N) is 2. The predicted octanol–water partition coefficient (Wildman–Crippen LogP) is 5.05. The topological polar surface area (TPSA) is 93.1 Å². The van der Waals surface area contributed by atoms with Gasteiger partial charge >= 0.3 is 0 Å². The summed E-state index contributed by atoms with van der Waals surface area (Å²) >= 11 is 0. The van der Waals surface area contributed by atoms with Crippen LogP contribution in [0.5, 0.6) is 0 Å². The van der Waals surface area contributed by atoms with Gasteiger partial charge in [0.1, 0.15) is 0 Å². The zero-order valence-corrected chi connectivity index (χ0v) is 20.4. The molecule has 0 spiro atoms. The molecule has 0 saturated carbocycles. The molecule has 36 heavy (non-hydrogen) atoms. The van der Waals surface area contributed by atoms with Gasteiger partial charge in [0.25, 0.3) is 0 Å². The minimum atomic E-state index is 0.507. The van der Waals surface area contributed by atoms with Crippen molar-refractivity contribution in [2.45, 2.75) is 13.5 Å². The van der Waals surface area contributed by atoms with Crippen molar-refractivity contribution in [1.82, 2.24) is 14.9 Å². The lowest BCUT2D eigenvalue weighted by Gasteiger charge is -2.27. The summed E-state index contributed by atoms with van der Waals surface area (Å²) in [6.07, 6.45) is 7.92. The second kappa shape index (κ2) is 10.5. The Morgan fingerprint density at radius 2 is 1.81 bits per heavy atom. The van der Waals surface area contributed by atoms with E-state index in [1.807, 2.05) is 30.5 Å². The number of hydrogen-bond donors (Lipinski definition) is 3. The minimum Gasteiger partial charge on any atom is -0.396 e. The highest BCUT2D eigenvalue weighted by Gasteiger charge is 2.19. The van der Waals surface area contributed by atoms with Gasteiger partial charge in [0.15, 0.2) is 0 Å². The third-order valence-corrected chi connectivity index (χ3v) is 6.37. The van der Waals surface area contributed by atoms with Gasteiger partial charge in [0.05, 0.1) is 17.1 Å². The molecule has 0 atom stereocenters. The highest BCUT2D eigenvalue weighted by molar-refractivity contribution is 5.88. The molecule has 5 rings (SSSR count). The standard InChI is InChI=1S/C30H30N6/c1-21-9-11-24(12-10-21)28(32)29(36-17-14-22(19-31)15-18-36)27-13-16-33-30(35-27)34-20-25-7-4-6-23-5-2-3-8-26(23)25/h2-17H,18-20,31-32H2,1H3,(H,33,34,35)/b29-28-. The second-order valence-electron chi connectivity index (χ2n) is 8.84. The highest BCUT2D eigenvalue weighted by atomic mass is 15.2. The molecule has 0 unspecified atom stereocenters. The smallest absolute Gasteiger partial charge is 0.223 e. The van der Waals surface area contributed by atoms with Crippen molar-refractivity contribution in [3.05, 3.63) is 125 Å². The molecular formula is C30H30N6. The molecule has 0 fully saturated rings. The maximum atomic E-state index is 6.77. The van der Waals surface area contributed by atoms with Crippen molar-refractivity contribution in [3.8, 4) is 0 Å². The summed E-state index contributed by atoms with van der Waals surface area (Å²) in [6, 6.07) is 24.8. The predicted molar refractivity (Wildman–Crippen MR) is 148 cm³/mol. The van der Waals surface area contributed by atoms with Crippen LogP contribution in [0.25, 0.3) is 22.2 Å². The van der Waals surface area contributed by atoms with Gasteiger partial charge in [-0.2, -0.15) is 0 Å². The summed E-state index contributed by atoms with van der Waals surface area (Å²) in [7, 11) is 0. The van der Waals surface area contributed by atoms with Crippen LogP contribution in [0.1, 0.15) is 22.4 Å². The Kier molecular flexibility index (Phi) is 6.78. The van der Waals surface area contributed by atoms with Crippen LogP contribution in [-0.2, 0) is 6.54 Å². The van der Waals surface area contributed by atoms with Gasteiger partial charge in [-0.25, -0.2) is 9.97 Å². The highest BCUT2D eigenvalue weighted by Crippen LogP contribution is 2.28. The van der Waals surface area contributed by atoms with Gasteiger partial charge in [0, 0.05) is 32.0 Å². The van der Waals surface area contributed by atoms with E-state index in [-0.39, 0.29) is 0 Å². The molecule has 0 amide bonds. The van der Waals surface area contributed by atoms with Crippen LogP contribution in [0, 0.1) is 6.92 Å². The van der Waals surface area contributed by atoms with Gasteiger partial charge < -0.3 is 21.7 Å². The average Bonchev–Trinajstić information content (AvgIpc) is 2.93. The average molecular weight is 475 g/mol. The molecule has 1 aliphatic rings. The molecule has 0 bridgehead atoms. The van der Waals surface area contributed by atoms with Gasteiger partial charge in [-0.1, -0.05) is 78.4 Å². The first-order valence-corrected chi connectivity index (χ1v) is 12.1. The molecule has 1 aliphatic heterocycles. The molecule has 1 aromatic heterocycles. The van der Waals surface area contributed by atoms with Crippen molar-refractivity contribution in [2.75, 3.05) is 18.4 Å². The lowest BCUT2D eigenvalue weighted by atomic mass is 10.0. The summed E-state index contributed by atoms with van der Waals surface area (Å²) in [5.41, 5.74) is 19.3. The molecule has 2 heterocycles. The Bertz CT molecular complexity index is 1460. The molecule has 3 aromatic carbocycles. The monoisotopic (exact) mass is 474 g/mol. The quantitative estimate of drug-likeness (QED) is 0.347. The van der Waals surface area contributed by atoms with Crippen molar-refractivity contribution >= 4 is 28.1 Å². The molecule has 6 heteroatoms. The van der Waals surface area contributed by atoms with E-state index in [2.05, 4.69) is 82.8 Å². The van der Waals surface area contributed by atoms with E-state index in [9.17, 15) is 0 Å². The first kappa shape index (κ1) is 23.3. The number of nitrogens with zero attached hydrogens (tertiary/aromatic N) is 3. The Labute approximate surface area is 211 Å². The van der Waals surface area contributed by atoms with Crippen LogP contribution < -0.4 is 16.8 Å². The fraction of sp³-hybridized carbons (Fsp3) is 0.133. The van der Waals surface area contributed by atoms with Crippen LogP contribution in [0.15, 0.2) is 103 Å². The molecule has 0 aliphatic carbocycles. The van der Waals surface area contributed by atoms with E-state index >= 15 is 0 Å². The summed E-state index contributed by atoms with van der Waals surface area (Å²) < 4.78 is 0. The van der Waals surface area contributed by atoms with E-state index in [4.69, 9.17) is 16.5 Å². The molecular weight excluding hydrogens is 444 g/mol. The fourth-order valence-corrected chi connectivity index (χ4v) is 4.35. The van der Waals surface area contributed by atoms with Crippen molar-refractivity contribution in [1.29, 1.82) is 0 Å². The Morgan fingerprint density at radius 3 is 2.58 bits per heavy atom. The Balaban J connectivity index is 1.48. The molecule has 0 saturated heterocycles. The molecule has 5 N–H and O–H groups in total. The van der Waals surface area contributed by atoms with Crippen LogP contribution in [0.3, 0.4) is 0 Å². The maximum Gasteiger partial charge on any atom is 0.223 e. The maximum absolute atomic E-state index is 6.77. The van der Waals surface area contributed by atoms with Gasteiger partial charge in [-0.3, -0.25) is 0 Å². The number of anilines is 1. The number of aromatic nitrogens is 2. The third-order valence-electron chi connectivity index (χ3n) is 6.37. The van der Waals surface area contributed by atoms with Crippen molar-refractivity contribution in [3.63, 3.8) is 0 Å². The summed E-state index contributed by atoms with van der Waals surface area (Å²) in [5, 5.41) is 5.83. The second-order valence-corrected chi connectivity index (χ2v) is 8.84. The lowest BCUT2D eigenvalue weighted by molar-refractivity contribution is 0.580. The minimum absolute atomic E-state index is 0.507. The third kappa shape index (κ3) is 4.99. The molecule has 180 valence electrons. The van der Waals surface area contributed by atoms with Gasteiger partial charge in [-0.05, 0) is 46.5 Å². The number of nitrogens with one attached hydrogen (secondary N) is 1. The van der Waals surface area contributed by atoms with Crippen molar-refractivity contribution < 1.29 is 0 Å². The fourth-order valence-electron chi connectivity index (χ4n) is 4.35. The van der Waals surface area contributed by atoms with Crippen LogP contribution >= 0.6 is 0 Å². The van der Waals surface area contributed by atoms with Crippen LogP contribution in [0.4, 0.5) is 5.95 Å². The van der Waals surface area contributed by atoms with E-state index < -0.39 is 0 Å². The van der Waals surface area contributed by atoms with Crippen molar-refractivity contribution in [2.24, 2.45) is 11.5 Å². The summed E-state index contributed by atoms with van der Waals surface area (Å²) in [6.45, 7) is 3.85. The molecule has 6 nitrogen and oxygen atoms in total. The van der Waals surface area contributed by atoms with E-state index in [0.717, 1.165) is 22.5 Å². The van der Waals surface area contributed by atoms with E-state index in [1.165, 1.54) is 21.9 Å². The first-order chi connectivity index (χ1) is 17.6. The summed E-state index contributed by atoms with van der Waals surface area (Å²) in [4.78, 5) is 11.4. The van der Waals surface area contributed by atoms with Gasteiger partial charge in [-0.15, -0.1) is 0 Å². The zero-order chi connectivity index (χ0) is 24.9. The number of benzene rings is 3.